The molecule has 0 atom stereocenters. The van der Waals surface area contributed by atoms with Gasteiger partial charge in [0.05, 0.1) is 11.0 Å². The average molecular weight is 879 g/mol. The number of fused-ring (bicyclic) bond motifs is 7. The van der Waals surface area contributed by atoms with E-state index in [2.05, 4.69) is 165 Å². The first kappa shape index (κ1) is 34.0. The maximum Gasteiger partial charge on any atom is 2.00 e. The first-order valence-corrected chi connectivity index (χ1v) is 18.2. The van der Waals surface area contributed by atoms with Crippen LogP contribution in [0.15, 0.2) is 134 Å². The Morgan fingerprint density at radius 3 is 2.24 bits per heavy atom. The van der Waals surface area contributed by atoms with E-state index < -0.39 is 0 Å². The van der Waals surface area contributed by atoms with Crippen LogP contribution in [0, 0.1) is 19.9 Å². The summed E-state index contributed by atoms with van der Waals surface area (Å²) in [6.45, 7) is 11.1. The van der Waals surface area contributed by atoms with Crippen LogP contribution in [-0.4, -0.2) is 19.1 Å². The molecule has 0 saturated heterocycles. The third-order valence-corrected chi connectivity index (χ3v) is 10.8. The smallest absolute Gasteiger partial charge is 0.656 e. The van der Waals surface area contributed by atoms with E-state index in [9.17, 15) is 0 Å². The molecule has 4 aromatic heterocycles. The summed E-state index contributed by atoms with van der Waals surface area (Å²) in [4.78, 5) is 15.5. The number of hydrogen-bond acceptors (Lipinski definition) is 2. The van der Waals surface area contributed by atoms with Crippen LogP contribution in [0.25, 0.3) is 88.7 Å². The predicted octanol–water partition coefficient (Wildman–Crippen LogP) is 11.8. The van der Waals surface area contributed by atoms with Crippen molar-refractivity contribution in [2.75, 3.05) is 0 Å². The van der Waals surface area contributed by atoms with Gasteiger partial charge in [-0.3, -0.25) is 4.57 Å². The Bertz CT molecular complexity index is 3070. The summed E-state index contributed by atoms with van der Waals surface area (Å²) >= 11 is 0. The van der Waals surface area contributed by atoms with E-state index in [1.807, 2.05) is 18.3 Å². The summed E-state index contributed by atoms with van der Waals surface area (Å²) in [6.07, 6.45) is 1.85. The van der Waals surface area contributed by atoms with Crippen molar-refractivity contribution in [1.82, 2.24) is 24.1 Å². The zero-order valence-corrected chi connectivity index (χ0v) is 33.0. The average Bonchev–Trinajstić information content (AvgIpc) is 3.85. The fraction of sp³-hybridized carbons (Fsp3) is 0.125. The van der Waals surface area contributed by atoms with Gasteiger partial charge in [-0.15, -0.1) is 34.8 Å². The van der Waals surface area contributed by atoms with Gasteiger partial charge in [-0.2, -0.15) is 0 Å². The van der Waals surface area contributed by atoms with Gasteiger partial charge in [-0.25, -0.2) is 9.97 Å². The van der Waals surface area contributed by atoms with Crippen LogP contribution in [-0.2, 0) is 26.5 Å². The van der Waals surface area contributed by atoms with Crippen molar-refractivity contribution in [3.05, 3.63) is 156 Å². The Morgan fingerprint density at radius 2 is 1.43 bits per heavy atom. The molecule has 0 aliphatic rings. The van der Waals surface area contributed by atoms with Crippen LogP contribution in [0.4, 0.5) is 0 Å². The summed E-state index contributed by atoms with van der Waals surface area (Å²) in [5.41, 5.74) is 13.9. The van der Waals surface area contributed by atoms with Crippen molar-refractivity contribution < 1.29 is 21.1 Å². The van der Waals surface area contributed by atoms with Gasteiger partial charge in [0.1, 0.15) is 11.6 Å². The molecular weight excluding hydrogens is 842 g/mol. The van der Waals surface area contributed by atoms with Gasteiger partial charge in [0, 0.05) is 23.0 Å². The topological polar surface area (TPSA) is 49.7 Å². The molecule has 0 saturated carbocycles. The Morgan fingerprint density at radius 1 is 0.630 bits per heavy atom. The van der Waals surface area contributed by atoms with Crippen molar-refractivity contribution in [1.29, 1.82) is 0 Å². The number of benzene rings is 6. The second-order valence-corrected chi connectivity index (χ2v) is 15.2. The van der Waals surface area contributed by atoms with Crippen molar-refractivity contribution >= 4 is 54.6 Å². The Hall–Kier alpha value is -5.77. The molecule has 0 bridgehead atoms. The molecule has 10 aromatic rings. The second kappa shape index (κ2) is 12.7. The summed E-state index contributed by atoms with van der Waals surface area (Å²) in [5.74, 6) is 1.73. The van der Waals surface area contributed by atoms with E-state index in [1.165, 1.54) is 22.1 Å². The molecule has 5 nitrogen and oxygen atoms in total. The fourth-order valence-corrected chi connectivity index (χ4v) is 7.90. The molecule has 4 heterocycles. The van der Waals surface area contributed by atoms with E-state index in [-0.39, 0.29) is 26.5 Å². The number of para-hydroxylation sites is 3. The van der Waals surface area contributed by atoms with Crippen LogP contribution in [0.2, 0.25) is 0 Å². The first-order valence-electron chi connectivity index (χ1n) is 18.2. The number of aryl methyl sites for hydroxylation is 2. The third kappa shape index (κ3) is 5.25. The Labute approximate surface area is 328 Å². The van der Waals surface area contributed by atoms with E-state index in [0.717, 1.165) is 83.3 Å². The molecule has 0 fully saturated rings. The normalized spacial score (nSPS) is 12.0. The fourth-order valence-electron chi connectivity index (χ4n) is 7.90. The maximum absolute atomic E-state index is 5.53. The minimum Gasteiger partial charge on any atom is -0.656 e. The van der Waals surface area contributed by atoms with E-state index in [0.29, 0.717) is 0 Å². The standard InChI is InChI=1S/C48H37N5.Pt/c1-29-19-22-33(26-30(29)2)52-42-17-11-13-34(46(42)51-47(52)38-15-10-14-37-35-12-6-7-16-40(35)50-45(37)38)31-20-23-36-39-28-32(48(3,4)5)21-24-41(39)53(43(36)27-31)44-18-8-9-25-49-44;/h6-26,28H,1-5H3;/q-2;+2. The van der Waals surface area contributed by atoms with Gasteiger partial charge in [-0.1, -0.05) is 111 Å². The molecule has 264 valence electrons. The molecule has 0 N–H and O–H groups in total. The van der Waals surface area contributed by atoms with Gasteiger partial charge in [0.25, 0.3) is 0 Å². The number of hydrogen-bond donors (Lipinski definition) is 0. The maximum atomic E-state index is 5.53. The second-order valence-electron chi connectivity index (χ2n) is 15.2. The Balaban J connectivity index is 0.00000384. The summed E-state index contributed by atoms with van der Waals surface area (Å²) in [5, 5.41) is 4.63. The number of nitrogens with zero attached hydrogens (tertiary/aromatic N) is 5. The number of aromatic nitrogens is 5. The van der Waals surface area contributed by atoms with Crippen LogP contribution in [0.5, 0.6) is 0 Å². The van der Waals surface area contributed by atoms with Gasteiger partial charge in [0.15, 0.2) is 0 Å². The van der Waals surface area contributed by atoms with Crippen LogP contribution in [0.1, 0.15) is 37.5 Å². The molecule has 0 amide bonds. The third-order valence-electron chi connectivity index (χ3n) is 10.8. The molecule has 0 radical (unpaired) electrons. The van der Waals surface area contributed by atoms with Crippen LogP contribution in [0.3, 0.4) is 0 Å². The molecule has 0 aliphatic heterocycles. The van der Waals surface area contributed by atoms with E-state index in [1.54, 1.807) is 0 Å². The number of pyridine rings is 1. The van der Waals surface area contributed by atoms with Crippen molar-refractivity contribution in [3.8, 4) is 34.0 Å². The first-order chi connectivity index (χ1) is 25.7. The summed E-state index contributed by atoms with van der Waals surface area (Å²) in [6, 6.07) is 49.2. The zero-order valence-electron chi connectivity index (χ0n) is 30.8. The van der Waals surface area contributed by atoms with E-state index in [4.69, 9.17) is 15.0 Å². The molecule has 6 heteroatoms. The van der Waals surface area contributed by atoms with Gasteiger partial charge in [0.2, 0.25) is 0 Å². The monoisotopic (exact) mass is 878 g/mol. The van der Waals surface area contributed by atoms with Crippen molar-refractivity contribution in [3.63, 3.8) is 0 Å². The summed E-state index contributed by atoms with van der Waals surface area (Å²) in [7, 11) is 0. The summed E-state index contributed by atoms with van der Waals surface area (Å²) < 4.78 is 4.54. The Kier molecular flexibility index (Phi) is 7.99. The molecular formula is C48H37N5Pt. The number of imidazole rings is 1. The predicted molar refractivity (Wildman–Crippen MR) is 219 cm³/mol. The van der Waals surface area contributed by atoms with Gasteiger partial charge in [-0.05, 0) is 94.0 Å². The molecule has 10 rings (SSSR count). The molecule has 0 spiro atoms. The van der Waals surface area contributed by atoms with E-state index >= 15 is 0 Å². The molecule has 0 aliphatic carbocycles. The zero-order chi connectivity index (χ0) is 36.0. The minimum atomic E-state index is 0. The SMILES string of the molecule is Cc1ccc(-n2c(-c3cccc4c3[n-]c3ccccc34)nc3c(-c4[c-]c5c(cc4)c4cc(C(C)(C)C)ccc4n5-c4ccccn4)cccc32)cc1C.[Pt+2]. The molecule has 6 aromatic carbocycles. The molecule has 54 heavy (non-hydrogen) atoms. The van der Waals surface area contributed by atoms with Gasteiger partial charge < -0.3 is 9.55 Å². The van der Waals surface area contributed by atoms with Crippen LogP contribution < -0.4 is 4.98 Å². The van der Waals surface area contributed by atoms with Crippen molar-refractivity contribution in [2.45, 2.75) is 40.0 Å². The quantitative estimate of drug-likeness (QED) is 0.166. The minimum absolute atomic E-state index is 0. The number of rotatable bonds is 4. The van der Waals surface area contributed by atoms with Gasteiger partial charge >= 0.3 is 21.1 Å². The van der Waals surface area contributed by atoms with Crippen LogP contribution >= 0.6 is 0 Å². The largest absolute Gasteiger partial charge is 2.00 e. The molecule has 0 unspecified atom stereocenters. The van der Waals surface area contributed by atoms with Crippen molar-refractivity contribution in [2.24, 2.45) is 0 Å².